The molecule has 0 spiro atoms. The molecule has 21 heavy (non-hydrogen) atoms. The number of carbonyl (C=O) groups is 1. The van der Waals surface area contributed by atoms with Crippen molar-refractivity contribution in [2.45, 2.75) is 17.9 Å². The second-order valence-electron chi connectivity index (χ2n) is 4.62. The normalized spacial score (nSPS) is 20.5. The van der Waals surface area contributed by atoms with E-state index in [-0.39, 0.29) is 21.8 Å². The Bertz CT molecular complexity index is 823. The van der Waals surface area contributed by atoms with E-state index in [0.29, 0.717) is 0 Å². The molecule has 1 aliphatic heterocycles. The smallest absolute Gasteiger partial charge is 0.335 e. The summed E-state index contributed by atoms with van der Waals surface area (Å²) in [5.41, 5.74) is -0.0187. The first-order valence-electron chi connectivity index (χ1n) is 5.88. The molecule has 7 nitrogen and oxygen atoms in total. The quantitative estimate of drug-likeness (QED) is 0.818. The minimum Gasteiger partial charge on any atom is -0.478 e. The molecule has 114 valence electrons. The SMILES string of the molecule is Cc1c(C(=O)O)cccc1S(=O)(=O)NC1C=CS(=O)(=O)C1. The summed E-state index contributed by atoms with van der Waals surface area (Å²) in [6.07, 6.45) is 1.25. The zero-order valence-electron chi connectivity index (χ0n) is 11.0. The predicted molar refractivity (Wildman–Crippen MR) is 75.2 cm³/mol. The standard InChI is InChI=1S/C12H13NO6S2/c1-8-10(12(14)15)3-2-4-11(8)21(18,19)13-9-5-6-20(16,17)7-9/h2-6,9,13H,7H2,1H3,(H,14,15). The molecule has 1 aliphatic rings. The lowest BCUT2D eigenvalue weighted by molar-refractivity contribution is 0.0695. The van der Waals surface area contributed by atoms with Crippen LogP contribution in [0.15, 0.2) is 34.6 Å². The van der Waals surface area contributed by atoms with Crippen molar-refractivity contribution in [2.24, 2.45) is 0 Å². The third-order valence-electron chi connectivity index (χ3n) is 3.04. The van der Waals surface area contributed by atoms with E-state index in [4.69, 9.17) is 5.11 Å². The molecule has 1 aromatic rings. The fourth-order valence-corrected chi connectivity index (χ4v) is 4.85. The van der Waals surface area contributed by atoms with Gasteiger partial charge < -0.3 is 5.11 Å². The van der Waals surface area contributed by atoms with Crippen LogP contribution in [0.1, 0.15) is 15.9 Å². The molecule has 0 amide bonds. The Morgan fingerprint density at radius 2 is 2.05 bits per heavy atom. The minimum atomic E-state index is -4.01. The van der Waals surface area contributed by atoms with Gasteiger partial charge in [0, 0.05) is 5.41 Å². The van der Waals surface area contributed by atoms with Crippen LogP contribution < -0.4 is 4.72 Å². The van der Waals surface area contributed by atoms with E-state index in [1.165, 1.54) is 31.2 Å². The Kier molecular flexibility index (Phi) is 3.91. The van der Waals surface area contributed by atoms with Crippen LogP contribution in [0.2, 0.25) is 0 Å². The maximum absolute atomic E-state index is 12.3. The molecule has 0 saturated carbocycles. The molecule has 0 saturated heterocycles. The molecule has 0 radical (unpaired) electrons. The van der Waals surface area contributed by atoms with Gasteiger partial charge in [-0.15, -0.1) is 0 Å². The van der Waals surface area contributed by atoms with Gasteiger partial charge in [0.25, 0.3) is 0 Å². The van der Waals surface area contributed by atoms with Crippen LogP contribution in [0, 0.1) is 6.92 Å². The number of hydrogen-bond acceptors (Lipinski definition) is 5. The van der Waals surface area contributed by atoms with Crippen molar-refractivity contribution < 1.29 is 26.7 Å². The number of benzene rings is 1. The molecule has 1 aromatic carbocycles. The van der Waals surface area contributed by atoms with Crippen LogP contribution >= 0.6 is 0 Å². The van der Waals surface area contributed by atoms with Gasteiger partial charge in [-0.2, -0.15) is 0 Å². The van der Waals surface area contributed by atoms with E-state index in [1.807, 2.05) is 0 Å². The van der Waals surface area contributed by atoms with Gasteiger partial charge in [0.1, 0.15) is 0 Å². The second kappa shape index (κ2) is 5.24. The van der Waals surface area contributed by atoms with E-state index in [1.54, 1.807) is 0 Å². The number of carboxylic acids is 1. The van der Waals surface area contributed by atoms with Gasteiger partial charge in [0.2, 0.25) is 10.0 Å². The number of sulfone groups is 1. The van der Waals surface area contributed by atoms with Gasteiger partial charge in [-0.05, 0) is 24.6 Å². The highest BCUT2D eigenvalue weighted by molar-refractivity contribution is 7.94. The van der Waals surface area contributed by atoms with Crippen molar-refractivity contribution >= 4 is 25.8 Å². The Morgan fingerprint density at radius 3 is 2.57 bits per heavy atom. The van der Waals surface area contributed by atoms with Crippen LogP contribution in [0.25, 0.3) is 0 Å². The summed E-state index contributed by atoms with van der Waals surface area (Å²) in [6, 6.07) is 3.05. The highest BCUT2D eigenvalue weighted by atomic mass is 32.2. The van der Waals surface area contributed by atoms with Crippen LogP contribution in [0.5, 0.6) is 0 Å². The summed E-state index contributed by atoms with van der Waals surface area (Å²) in [5.74, 6) is -1.57. The molecule has 2 rings (SSSR count). The van der Waals surface area contributed by atoms with Crippen molar-refractivity contribution in [2.75, 3.05) is 5.75 Å². The van der Waals surface area contributed by atoms with Crippen molar-refractivity contribution in [3.05, 3.63) is 40.8 Å². The summed E-state index contributed by atoms with van der Waals surface area (Å²) in [6.45, 7) is 1.39. The van der Waals surface area contributed by atoms with Crippen LogP contribution in [0.3, 0.4) is 0 Å². The van der Waals surface area contributed by atoms with Crippen molar-refractivity contribution in [1.82, 2.24) is 4.72 Å². The summed E-state index contributed by atoms with van der Waals surface area (Å²) in [7, 11) is -7.39. The third-order valence-corrected chi connectivity index (χ3v) is 6.07. The summed E-state index contributed by atoms with van der Waals surface area (Å²) in [5, 5.41) is 9.96. The highest BCUT2D eigenvalue weighted by Gasteiger charge is 2.28. The summed E-state index contributed by atoms with van der Waals surface area (Å²) < 4.78 is 49.3. The van der Waals surface area contributed by atoms with Crippen LogP contribution in [-0.2, 0) is 19.9 Å². The van der Waals surface area contributed by atoms with Crippen molar-refractivity contribution in [3.8, 4) is 0 Å². The fourth-order valence-electron chi connectivity index (χ4n) is 2.05. The van der Waals surface area contributed by atoms with E-state index in [2.05, 4.69) is 4.72 Å². The van der Waals surface area contributed by atoms with Gasteiger partial charge in [-0.1, -0.05) is 12.1 Å². The average Bonchev–Trinajstić information content (AvgIpc) is 2.67. The molecular weight excluding hydrogens is 318 g/mol. The zero-order valence-corrected chi connectivity index (χ0v) is 12.6. The van der Waals surface area contributed by atoms with Gasteiger partial charge in [0.15, 0.2) is 9.84 Å². The van der Waals surface area contributed by atoms with E-state index in [0.717, 1.165) is 5.41 Å². The zero-order chi connectivity index (χ0) is 15.8. The molecule has 1 atom stereocenters. The van der Waals surface area contributed by atoms with Crippen molar-refractivity contribution in [1.29, 1.82) is 0 Å². The average molecular weight is 331 g/mol. The molecule has 1 heterocycles. The lowest BCUT2D eigenvalue weighted by atomic mass is 10.1. The van der Waals surface area contributed by atoms with Crippen LogP contribution in [-0.4, -0.2) is 39.7 Å². The van der Waals surface area contributed by atoms with Crippen molar-refractivity contribution in [3.63, 3.8) is 0 Å². The first-order valence-corrected chi connectivity index (χ1v) is 9.08. The van der Waals surface area contributed by atoms with Crippen LogP contribution in [0.4, 0.5) is 0 Å². The molecule has 1 unspecified atom stereocenters. The summed E-state index contributed by atoms with van der Waals surface area (Å²) in [4.78, 5) is 10.8. The maximum atomic E-state index is 12.3. The third kappa shape index (κ3) is 3.31. The highest BCUT2D eigenvalue weighted by Crippen LogP contribution is 2.20. The van der Waals surface area contributed by atoms with E-state index < -0.39 is 31.9 Å². The first-order chi connectivity index (χ1) is 9.62. The largest absolute Gasteiger partial charge is 0.478 e. The molecule has 2 N–H and O–H groups in total. The molecule has 0 aliphatic carbocycles. The summed E-state index contributed by atoms with van der Waals surface area (Å²) >= 11 is 0. The predicted octanol–water partition coefficient (Wildman–Crippen LogP) is 0.282. The molecule has 9 heteroatoms. The molecule has 0 fully saturated rings. The number of hydrogen-bond donors (Lipinski definition) is 2. The maximum Gasteiger partial charge on any atom is 0.335 e. The number of rotatable bonds is 4. The first kappa shape index (κ1) is 15.7. The Hall–Kier alpha value is -1.71. The van der Waals surface area contributed by atoms with Gasteiger partial charge >= 0.3 is 5.97 Å². The van der Waals surface area contributed by atoms with Gasteiger partial charge in [-0.25, -0.2) is 26.4 Å². The second-order valence-corrected chi connectivity index (χ2v) is 8.23. The molecule has 0 bridgehead atoms. The minimum absolute atomic E-state index is 0.0994. The van der Waals surface area contributed by atoms with Gasteiger partial charge in [0.05, 0.1) is 22.3 Å². The number of nitrogens with one attached hydrogen (secondary N) is 1. The Morgan fingerprint density at radius 1 is 1.38 bits per heavy atom. The number of carboxylic acid groups (broad SMARTS) is 1. The number of sulfonamides is 1. The van der Waals surface area contributed by atoms with Gasteiger partial charge in [-0.3, -0.25) is 0 Å². The lowest BCUT2D eigenvalue weighted by Gasteiger charge is -2.13. The molecular formula is C12H13NO6S2. The Balaban J connectivity index is 2.35. The van der Waals surface area contributed by atoms with E-state index >= 15 is 0 Å². The van der Waals surface area contributed by atoms with E-state index in [9.17, 15) is 21.6 Å². The monoisotopic (exact) mass is 331 g/mol. The topological polar surface area (TPSA) is 118 Å². The number of aromatic carboxylic acids is 1. The fraction of sp³-hybridized carbons (Fsp3) is 0.250. The Labute approximate surface area is 122 Å². The molecule has 0 aromatic heterocycles. The lowest BCUT2D eigenvalue weighted by Crippen LogP contribution is -2.36.